The van der Waals surface area contributed by atoms with E-state index in [1.165, 1.54) is 18.6 Å². The lowest BCUT2D eigenvalue weighted by Crippen LogP contribution is -2.26. The molecule has 39 heavy (non-hydrogen) atoms. The zero-order valence-corrected chi connectivity index (χ0v) is 23.1. The predicted octanol–water partition coefficient (Wildman–Crippen LogP) is 3.05. The van der Waals surface area contributed by atoms with Crippen molar-refractivity contribution in [1.82, 2.24) is 34.5 Å². The van der Waals surface area contributed by atoms with E-state index in [9.17, 15) is 13.2 Å². The SMILES string of the molecule is CCCn1c(=O)c(NCc2ccc(S(=O)(=O)CC)nc2)nc2c(C)nc(-c3c(OC)ncnc3C3CC3)nc21. The summed E-state index contributed by atoms with van der Waals surface area (Å²) in [6.07, 6.45) is 5.74. The molecule has 0 aliphatic heterocycles. The molecule has 0 saturated heterocycles. The molecular weight excluding hydrogens is 520 g/mol. The monoisotopic (exact) mass is 550 g/mol. The zero-order chi connectivity index (χ0) is 27.7. The van der Waals surface area contributed by atoms with E-state index < -0.39 is 9.84 Å². The fourth-order valence-corrected chi connectivity index (χ4v) is 5.14. The lowest BCUT2D eigenvalue weighted by molar-refractivity contribution is 0.397. The van der Waals surface area contributed by atoms with E-state index in [-0.39, 0.29) is 28.7 Å². The number of methoxy groups -OCH3 is 1. The average Bonchev–Trinajstić information content (AvgIpc) is 3.79. The van der Waals surface area contributed by atoms with Crippen LogP contribution in [-0.4, -0.2) is 55.8 Å². The Kier molecular flexibility index (Phi) is 7.25. The van der Waals surface area contributed by atoms with Crippen molar-refractivity contribution in [2.45, 2.75) is 64.1 Å². The van der Waals surface area contributed by atoms with Crippen molar-refractivity contribution in [1.29, 1.82) is 0 Å². The van der Waals surface area contributed by atoms with Gasteiger partial charge in [-0.25, -0.2) is 38.3 Å². The van der Waals surface area contributed by atoms with Gasteiger partial charge in [0.05, 0.1) is 24.3 Å². The van der Waals surface area contributed by atoms with E-state index in [0.717, 1.165) is 18.5 Å². The number of nitrogens with zero attached hydrogens (tertiary/aromatic N) is 7. The average molecular weight is 551 g/mol. The normalized spacial score (nSPS) is 13.5. The summed E-state index contributed by atoms with van der Waals surface area (Å²) in [5.74, 6) is 1.24. The molecule has 1 fully saturated rings. The van der Waals surface area contributed by atoms with Gasteiger partial charge in [-0.1, -0.05) is 19.9 Å². The Bertz CT molecular complexity index is 1700. The topological polar surface area (TPSA) is 155 Å². The molecule has 0 atom stereocenters. The van der Waals surface area contributed by atoms with Gasteiger partial charge in [0.25, 0.3) is 5.56 Å². The number of pyridine rings is 1. The van der Waals surface area contributed by atoms with Gasteiger partial charge in [-0.05, 0) is 37.8 Å². The van der Waals surface area contributed by atoms with Crippen molar-refractivity contribution in [2.75, 3.05) is 18.2 Å². The van der Waals surface area contributed by atoms with Crippen molar-refractivity contribution in [3.05, 3.63) is 52.0 Å². The molecule has 13 heteroatoms. The molecule has 0 radical (unpaired) electrons. The highest BCUT2D eigenvalue weighted by molar-refractivity contribution is 7.91. The van der Waals surface area contributed by atoms with Crippen LogP contribution in [0.2, 0.25) is 0 Å². The third-order valence-corrected chi connectivity index (χ3v) is 8.23. The summed E-state index contributed by atoms with van der Waals surface area (Å²) < 4.78 is 31.2. The molecule has 1 aliphatic rings. The van der Waals surface area contributed by atoms with Crippen molar-refractivity contribution in [2.24, 2.45) is 0 Å². The number of nitrogens with one attached hydrogen (secondary N) is 1. The lowest BCUT2D eigenvalue weighted by atomic mass is 10.1. The molecule has 1 N–H and O–H groups in total. The number of aromatic nitrogens is 7. The summed E-state index contributed by atoms with van der Waals surface area (Å²) in [6.45, 7) is 6.06. The van der Waals surface area contributed by atoms with E-state index in [1.807, 2.05) is 13.8 Å². The Balaban J connectivity index is 1.55. The lowest BCUT2D eigenvalue weighted by Gasteiger charge is -2.15. The van der Waals surface area contributed by atoms with Crippen molar-refractivity contribution in [3.8, 4) is 17.3 Å². The van der Waals surface area contributed by atoms with Gasteiger partial charge in [0.15, 0.2) is 32.2 Å². The number of rotatable bonds is 10. The Morgan fingerprint density at radius 2 is 1.90 bits per heavy atom. The smallest absolute Gasteiger partial charge is 0.294 e. The highest BCUT2D eigenvalue weighted by atomic mass is 32.2. The van der Waals surface area contributed by atoms with Crippen molar-refractivity contribution in [3.63, 3.8) is 0 Å². The van der Waals surface area contributed by atoms with Crippen molar-refractivity contribution < 1.29 is 13.2 Å². The Morgan fingerprint density at radius 3 is 2.54 bits per heavy atom. The molecule has 1 saturated carbocycles. The molecule has 204 valence electrons. The quantitative estimate of drug-likeness (QED) is 0.310. The Hall–Kier alpha value is -4.00. The van der Waals surface area contributed by atoms with E-state index in [2.05, 4.69) is 25.3 Å². The van der Waals surface area contributed by atoms with E-state index in [0.29, 0.717) is 58.6 Å². The van der Waals surface area contributed by atoms with E-state index in [4.69, 9.17) is 14.7 Å². The number of hydrogen-bond donors (Lipinski definition) is 1. The summed E-state index contributed by atoms with van der Waals surface area (Å²) in [7, 11) is -1.84. The fourth-order valence-electron chi connectivity index (χ4n) is 4.36. The van der Waals surface area contributed by atoms with Crippen LogP contribution in [0.15, 0.2) is 34.5 Å². The van der Waals surface area contributed by atoms with Crippen LogP contribution < -0.4 is 15.6 Å². The number of ether oxygens (including phenoxy) is 1. The highest BCUT2D eigenvalue weighted by Gasteiger charge is 2.32. The number of aryl methyl sites for hydroxylation is 2. The molecule has 0 aromatic carbocycles. The van der Waals surface area contributed by atoms with Crippen LogP contribution >= 0.6 is 0 Å². The molecule has 4 aromatic heterocycles. The summed E-state index contributed by atoms with van der Waals surface area (Å²) in [5.41, 5.74) is 3.42. The van der Waals surface area contributed by atoms with E-state index in [1.54, 1.807) is 24.7 Å². The predicted molar refractivity (Wildman–Crippen MR) is 145 cm³/mol. The first-order valence-electron chi connectivity index (χ1n) is 12.9. The van der Waals surface area contributed by atoms with Gasteiger partial charge < -0.3 is 10.1 Å². The first kappa shape index (κ1) is 26.6. The molecule has 4 heterocycles. The second kappa shape index (κ2) is 10.6. The van der Waals surface area contributed by atoms with Gasteiger partial charge >= 0.3 is 0 Å². The van der Waals surface area contributed by atoms with Crippen LogP contribution in [0.3, 0.4) is 0 Å². The molecule has 0 spiro atoms. The third kappa shape index (κ3) is 5.18. The number of anilines is 1. The van der Waals surface area contributed by atoms with Crippen LogP contribution in [0, 0.1) is 6.92 Å². The maximum absolute atomic E-state index is 13.5. The number of hydrogen-bond acceptors (Lipinski definition) is 11. The van der Waals surface area contributed by atoms with Gasteiger partial charge in [0.1, 0.15) is 17.4 Å². The van der Waals surface area contributed by atoms with Gasteiger partial charge in [-0.15, -0.1) is 0 Å². The largest absolute Gasteiger partial charge is 0.480 e. The molecule has 5 rings (SSSR count). The van der Waals surface area contributed by atoms with Gasteiger partial charge in [-0.2, -0.15) is 0 Å². The summed E-state index contributed by atoms with van der Waals surface area (Å²) >= 11 is 0. The number of sulfone groups is 1. The number of fused-ring (bicyclic) bond motifs is 1. The molecule has 0 bridgehead atoms. The first-order chi connectivity index (χ1) is 18.8. The maximum Gasteiger partial charge on any atom is 0.294 e. The van der Waals surface area contributed by atoms with Gasteiger partial charge in [0, 0.05) is 25.2 Å². The third-order valence-electron chi connectivity index (χ3n) is 6.59. The second-order valence-corrected chi connectivity index (χ2v) is 11.6. The molecule has 4 aromatic rings. The molecule has 1 aliphatic carbocycles. The summed E-state index contributed by atoms with van der Waals surface area (Å²) in [5, 5.41) is 3.11. The van der Waals surface area contributed by atoms with Crippen molar-refractivity contribution >= 4 is 26.8 Å². The molecule has 12 nitrogen and oxygen atoms in total. The van der Waals surface area contributed by atoms with Crippen LogP contribution in [0.1, 0.15) is 56.0 Å². The molecular formula is C26H30N8O4S. The van der Waals surface area contributed by atoms with Gasteiger partial charge in [-0.3, -0.25) is 9.36 Å². The van der Waals surface area contributed by atoms with Gasteiger partial charge in [0.2, 0.25) is 5.88 Å². The standard InChI is InChI=1S/C26H30N8O4S/c1-5-11-34-24-20(15(3)31-22(33-24)19-21(17-8-9-17)29-14-30-25(19)38-4)32-23(26(34)35)28-13-16-7-10-18(27-12-16)39(36,37)6-2/h7,10,12,14,17H,5-6,8-9,11,13H2,1-4H3,(H,28,32). The minimum atomic E-state index is -3.39. The Labute approximate surface area is 225 Å². The van der Waals surface area contributed by atoms with Crippen LogP contribution in [0.5, 0.6) is 5.88 Å². The van der Waals surface area contributed by atoms with E-state index >= 15 is 0 Å². The minimum absolute atomic E-state index is 0.0231. The summed E-state index contributed by atoms with van der Waals surface area (Å²) in [6, 6.07) is 3.14. The Morgan fingerprint density at radius 1 is 1.10 bits per heavy atom. The highest BCUT2D eigenvalue weighted by Crippen LogP contribution is 2.45. The summed E-state index contributed by atoms with van der Waals surface area (Å²) in [4.78, 5) is 40.5. The fraction of sp³-hybridized carbons (Fsp3) is 0.423. The van der Waals surface area contributed by atoms with Crippen LogP contribution in [0.4, 0.5) is 5.82 Å². The van der Waals surface area contributed by atoms with Crippen LogP contribution in [0.25, 0.3) is 22.6 Å². The van der Waals surface area contributed by atoms with Crippen LogP contribution in [-0.2, 0) is 22.9 Å². The minimum Gasteiger partial charge on any atom is -0.480 e. The molecule has 0 unspecified atom stereocenters. The first-order valence-corrected chi connectivity index (χ1v) is 14.5. The zero-order valence-electron chi connectivity index (χ0n) is 22.3. The maximum atomic E-state index is 13.5. The second-order valence-electron chi connectivity index (χ2n) is 9.40. The molecule has 0 amide bonds.